The van der Waals surface area contributed by atoms with Gasteiger partial charge in [0.2, 0.25) is 5.91 Å². The molecule has 1 aromatic carbocycles. The van der Waals surface area contributed by atoms with Gasteiger partial charge in [0.05, 0.1) is 17.6 Å². The number of carbonyl (C=O) groups is 2. The Morgan fingerprint density at radius 1 is 1.38 bits per heavy atom. The molecule has 0 radical (unpaired) electrons. The zero-order valence-corrected chi connectivity index (χ0v) is 16.1. The Kier molecular flexibility index (Phi) is 5.96. The van der Waals surface area contributed by atoms with E-state index in [0.29, 0.717) is 24.3 Å². The smallest absolute Gasteiger partial charge is 0.254 e. The molecule has 5 nitrogen and oxygen atoms in total. The summed E-state index contributed by atoms with van der Waals surface area (Å²) in [7, 11) is 0. The molecule has 2 aromatic rings. The van der Waals surface area contributed by atoms with E-state index in [4.69, 9.17) is 5.26 Å². The maximum Gasteiger partial charge on any atom is 0.254 e. The number of anilines is 1. The van der Waals surface area contributed by atoms with Crippen LogP contribution in [-0.4, -0.2) is 34.8 Å². The first-order valence-corrected chi connectivity index (χ1v) is 10.3. The number of thioether (sulfide) groups is 1. The minimum Gasteiger partial charge on any atom is -0.334 e. The zero-order chi connectivity index (χ0) is 18.5. The predicted octanol–water partition coefficient (Wildman–Crippen LogP) is 3.45. The molecule has 0 unspecified atom stereocenters. The van der Waals surface area contributed by atoms with Crippen LogP contribution in [0.3, 0.4) is 0 Å². The highest BCUT2D eigenvalue weighted by Gasteiger charge is 2.24. The Hall–Kier alpha value is -2.30. The van der Waals surface area contributed by atoms with Crippen LogP contribution in [0.4, 0.5) is 5.69 Å². The largest absolute Gasteiger partial charge is 0.334 e. The van der Waals surface area contributed by atoms with Gasteiger partial charge in [-0.15, -0.1) is 23.1 Å². The normalized spacial score (nSPS) is 13.0. The summed E-state index contributed by atoms with van der Waals surface area (Å²) in [5, 5.41) is 13.5. The molecule has 1 aliphatic heterocycles. The molecule has 0 aliphatic carbocycles. The van der Waals surface area contributed by atoms with Crippen LogP contribution in [0.2, 0.25) is 0 Å². The van der Waals surface area contributed by atoms with Gasteiger partial charge in [0.1, 0.15) is 0 Å². The van der Waals surface area contributed by atoms with Crippen molar-refractivity contribution in [3.63, 3.8) is 0 Å². The molecule has 0 fully saturated rings. The lowest BCUT2D eigenvalue weighted by Crippen LogP contribution is -2.35. The molecule has 0 atom stereocenters. The van der Waals surface area contributed by atoms with E-state index in [0.717, 1.165) is 12.0 Å². The second-order valence-electron chi connectivity index (χ2n) is 6.02. The molecule has 0 bridgehead atoms. The molecule has 134 valence electrons. The third kappa shape index (κ3) is 4.09. The predicted molar refractivity (Wildman–Crippen MR) is 106 cm³/mol. The highest BCUT2D eigenvalue weighted by molar-refractivity contribution is 8.00. The number of fused-ring (bicyclic) bond motifs is 1. The van der Waals surface area contributed by atoms with Crippen LogP contribution in [0.15, 0.2) is 29.6 Å². The van der Waals surface area contributed by atoms with Gasteiger partial charge in [-0.1, -0.05) is 6.07 Å². The summed E-state index contributed by atoms with van der Waals surface area (Å²) in [6.45, 7) is 3.21. The lowest BCUT2D eigenvalue weighted by Gasteiger charge is -2.28. The van der Waals surface area contributed by atoms with E-state index in [2.05, 4.69) is 16.8 Å². The molecule has 2 heterocycles. The van der Waals surface area contributed by atoms with E-state index in [1.54, 1.807) is 29.5 Å². The van der Waals surface area contributed by atoms with E-state index >= 15 is 0 Å². The summed E-state index contributed by atoms with van der Waals surface area (Å²) >= 11 is 3.01. The van der Waals surface area contributed by atoms with Gasteiger partial charge in [-0.2, -0.15) is 5.26 Å². The van der Waals surface area contributed by atoms with E-state index in [1.807, 2.05) is 17.9 Å². The Morgan fingerprint density at radius 3 is 3.04 bits per heavy atom. The van der Waals surface area contributed by atoms with Crippen molar-refractivity contribution in [1.29, 1.82) is 5.26 Å². The average Bonchev–Trinajstić information content (AvgIpc) is 3.11. The van der Waals surface area contributed by atoms with Gasteiger partial charge in [0.25, 0.3) is 5.91 Å². The van der Waals surface area contributed by atoms with Gasteiger partial charge < -0.3 is 10.2 Å². The number of hydrogen-bond acceptors (Lipinski definition) is 5. The van der Waals surface area contributed by atoms with Crippen LogP contribution < -0.4 is 5.32 Å². The maximum atomic E-state index is 13.0. The van der Waals surface area contributed by atoms with Crippen LogP contribution in [0.5, 0.6) is 0 Å². The number of nitriles is 1. The molecular formula is C19H19N3O2S2. The number of thiophene rings is 1. The third-order valence-electron chi connectivity index (χ3n) is 4.33. The van der Waals surface area contributed by atoms with Crippen LogP contribution in [-0.2, 0) is 17.8 Å². The topological polar surface area (TPSA) is 73.2 Å². The molecule has 1 aliphatic rings. The van der Waals surface area contributed by atoms with E-state index in [1.165, 1.54) is 22.2 Å². The quantitative estimate of drug-likeness (QED) is 0.800. The summed E-state index contributed by atoms with van der Waals surface area (Å²) in [5.74, 6) is 0.330. The fourth-order valence-electron chi connectivity index (χ4n) is 2.97. The molecule has 7 heteroatoms. The summed E-state index contributed by atoms with van der Waals surface area (Å²) in [5.41, 5.74) is 3.26. The van der Waals surface area contributed by atoms with Crippen molar-refractivity contribution in [2.45, 2.75) is 19.9 Å². The van der Waals surface area contributed by atoms with E-state index < -0.39 is 0 Å². The van der Waals surface area contributed by atoms with Crippen molar-refractivity contribution < 1.29 is 9.59 Å². The molecule has 2 amide bonds. The molecule has 0 saturated carbocycles. The summed E-state index contributed by atoms with van der Waals surface area (Å²) in [6.07, 6.45) is 0.893. The van der Waals surface area contributed by atoms with Crippen molar-refractivity contribution in [2.75, 3.05) is 23.4 Å². The Bertz CT molecular complexity index is 870. The first kappa shape index (κ1) is 18.5. The van der Waals surface area contributed by atoms with Crippen molar-refractivity contribution in [3.8, 4) is 6.07 Å². The number of rotatable bonds is 5. The molecule has 1 aromatic heterocycles. The minimum atomic E-state index is -0.168. The Balaban J connectivity index is 1.72. The number of nitrogens with one attached hydrogen (secondary N) is 1. The Labute approximate surface area is 161 Å². The summed E-state index contributed by atoms with van der Waals surface area (Å²) < 4.78 is 0. The van der Waals surface area contributed by atoms with Crippen LogP contribution in [0.1, 0.15) is 26.4 Å². The SMILES string of the molecule is Cc1c(NC(=O)CSCC#N)cccc1C(=O)N1CCc2sccc2C1. The molecular weight excluding hydrogens is 366 g/mol. The van der Waals surface area contributed by atoms with Gasteiger partial charge in [-0.05, 0) is 48.1 Å². The van der Waals surface area contributed by atoms with Gasteiger partial charge in [0.15, 0.2) is 0 Å². The zero-order valence-electron chi connectivity index (χ0n) is 14.4. The first-order valence-electron chi connectivity index (χ1n) is 8.29. The number of hydrogen-bond donors (Lipinski definition) is 1. The second-order valence-corrected chi connectivity index (χ2v) is 8.01. The molecule has 3 rings (SSSR count). The number of carbonyl (C=O) groups excluding carboxylic acids is 2. The van der Waals surface area contributed by atoms with Crippen molar-refractivity contribution in [2.24, 2.45) is 0 Å². The van der Waals surface area contributed by atoms with Gasteiger partial charge in [-0.3, -0.25) is 9.59 Å². The highest BCUT2D eigenvalue weighted by Crippen LogP contribution is 2.27. The molecule has 0 saturated heterocycles. The van der Waals surface area contributed by atoms with Gasteiger partial charge in [-0.25, -0.2) is 0 Å². The van der Waals surface area contributed by atoms with Crippen molar-refractivity contribution >= 4 is 40.6 Å². The lowest BCUT2D eigenvalue weighted by molar-refractivity contribution is -0.113. The van der Waals surface area contributed by atoms with Crippen molar-refractivity contribution in [1.82, 2.24) is 4.90 Å². The third-order valence-corrected chi connectivity index (χ3v) is 6.16. The molecule has 0 spiro atoms. The lowest BCUT2D eigenvalue weighted by atomic mass is 10.0. The number of benzene rings is 1. The average molecular weight is 386 g/mol. The van der Waals surface area contributed by atoms with Crippen LogP contribution >= 0.6 is 23.1 Å². The minimum absolute atomic E-state index is 0.00527. The second kappa shape index (κ2) is 8.39. The number of amides is 2. The van der Waals surface area contributed by atoms with Crippen molar-refractivity contribution in [3.05, 3.63) is 51.2 Å². The number of nitrogens with zero attached hydrogens (tertiary/aromatic N) is 2. The molecule has 1 N–H and O–H groups in total. The monoisotopic (exact) mass is 385 g/mol. The molecule has 26 heavy (non-hydrogen) atoms. The van der Waals surface area contributed by atoms with E-state index in [-0.39, 0.29) is 23.3 Å². The van der Waals surface area contributed by atoms with E-state index in [9.17, 15) is 9.59 Å². The van der Waals surface area contributed by atoms with Gasteiger partial charge >= 0.3 is 0 Å². The summed E-state index contributed by atoms with van der Waals surface area (Å²) in [6, 6.07) is 9.48. The fraction of sp³-hybridized carbons (Fsp3) is 0.316. The Morgan fingerprint density at radius 2 is 2.23 bits per heavy atom. The fourth-order valence-corrected chi connectivity index (χ4v) is 4.31. The first-order chi connectivity index (χ1) is 12.6. The summed E-state index contributed by atoms with van der Waals surface area (Å²) in [4.78, 5) is 28.2. The highest BCUT2D eigenvalue weighted by atomic mass is 32.2. The standard InChI is InChI=1S/C19H19N3O2S2/c1-13-15(3-2-4-16(13)21-18(23)12-25-10-7-20)19(24)22-8-5-17-14(11-22)6-9-26-17/h2-4,6,9H,5,8,10-12H2,1H3,(H,21,23). The van der Waals surface area contributed by atoms with Gasteiger partial charge in [0, 0.05) is 29.2 Å². The maximum absolute atomic E-state index is 13.0. The van der Waals surface area contributed by atoms with Crippen LogP contribution in [0, 0.1) is 18.3 Å². The van der Waals surface area contributed by atoms with Crippen LogP contribution in [0.25, 0.3) is 0 Å².